The van der Waals surface area contributed by atoms with Gasteiger partial charge in [-0.05, 0) is 19.3 Å². The fourth-order valence-electron chi connectivity index (χ4n) is 2.13. The fourth-order valence-corrected chi connectivity index (χ4v) is 3.56. The van der Waals surface area contributed by atoms with E-state index in [4.69, 9.17) is 17.0 Å². The summed E-state index contributed by atoms with van der Waals surface area (Å²) in [5.41, 5.74) is 0. The summed E-state index contributed by atoms with van der Waals surface area (Å²) in [6.07, 6.45) is 2.87. The molecule has 1 N–H and O–H groups in total. The van der Waals surface area contributed by atoms with Crippen molar-refractivity contribution in [2.24, 2.45) is 0 Å². The molecule has 7 heteroatoms. The maximum absolute atomic E-state index is 12.0. The molecule has 0 aliphatic carbocycles. The van der Waals surface area contributed by atoms with E-state index in [0.717, 1.165) is 25.9 Å². The highest BCUT2D eigenvalue weighted by molar-refractivity contribution is 8.24. The molecule has 2 amide bonds. The van der Waals surface area contributed by atoms with Crippen molar-refractivity contribution in [3.8, 4) is 0 Å². The molecule has 0 aromatic heterocycles. The molecule has 0 saturated carbocycles. The molecule has 0 radical (unpaired) electrons. The number of carbonyl (C=O) groups excluding carboxylic acids is 2. The zero-order valence-electron chi connectivity index (χ0n) is 10.9. The molecule has 2 atom stereocenters. The Morgan fingerprint density at radius 1 is 1.63 bits per heavy atom. The lowest BCUT2D eigenvalue weighted by molar-refractivity contribution is -0.131. The summed E-state index contributed by atoms with van der Waals surface area (Å²) in [6.45, 7) is 3.25. The Balaban J connectivity index is 1.78. The summed E-state index contributed by atoms with van der Waals surface area (Å²) >= 11 is 6.50. The number of hydrogen-bond acceptors (Lipinski definition) is 5. The molecule has 2 unspecified atom stereocenters. The summed E-state index contributed by atoms with van der Waals surface area (Å²) in [7, 11) is 0. The van der Waals surface area contributed by atoms with Crippen LogP contribution in [0.25, 0.3) is 0 Å². The minimum absolute atomic E-state index is 0.0217. The number of carbonyl (C=O) groups is 2. The molecule has 2 heterocycles. The van der Waals surface area contributed by atoms with Crippen LogP contribution in [0.2, 0.25) is 0 Å². The van der Waals surface area contributed by atoms with Gasteiger partial charge in [0.05, 0.1) is 11.4 Å². The van der Waals surface area contributed by atoms with Crippen LogP contribution in [-0.2, 0) is 14.3 Å². The molecule has 5 nitrogen and oxygen atoms in total. The van der Waals surface area contributed by atoms with Crippen LogP contribution in [0.4, 0.5) is 0 Å². The van der Waals surface area contributed by atoms with E-state index >= 15 is 0 Å². The van der Waals surface area contributed by atoms with Gasteiger partial charge in [0.15, 0.2) is 0 Å². The molecular weight excluding hydrogens is 284 g/mol. The van der Waals surface area contributed by atoms with E-state index in [2.05, 4.69) is 5.32 Å². The van der Waals surface area contributed by atoms with Crippen molar-refractivity contribution in [3.05, 3.63) is 0 Å². The lowest BCUT2D eigenvalue weighted by atomic mass is 10.2. The predicted molar refractivity (Wildman–Crippen MR) is 78.0 cm³/mol. The summed E-state index contributed by atoms with van der Waals surface area (Å²) < 4.78 is 5.93. The van der Waals surface area contributed by atoms with E-state index < -0.39 is 0 Å². The van der Waals surface area contributed by atoms with Gasteiger partial charge < -0.3 is 10.1 Å². The number of thiocarbonyl (C=S) groups is 1. The highest BCUT2D eigenvalue weighted by Crippen LogP contribution is 2.28. The van der Waals surface area contributed by atoms with Gasteiger partial charge in [0.1, 0.15) is 10.9 Å². The summed E-state index contributed by atoms with van der Waals surface area (Å²) in [6, 6.07) is 0. The molecule has 2 rings (SSSR count). The summed E-state index contributed by atoms with van der Waals surface area (Å²) in [5.74, 6) is -0.228. The van der Waals surface area contributed by atoms with Crippen LogP contribution < -0.4 is 5.32 Å². The standard InChI is InChI=1S/C12H18N2O3S2/c1-2-9-11(16)14(12(18)19-9)7-10(15)13-6-8-4-3-5-17-8/h8-9H,2-7H2,1H3,(H,13,15). The first-order valence-electron chi connectivity index (χ1n) is 6.52. The molecule has 2 saturated heterocycles. The van der Waals surface area contributed by atoms with Crippen LogP contribution in [0.5, 0.6) is 0 Å². The van der Waals surface area contributed by atoms with Gasteiger partial charge >= 0.3 is 0 Å². The van der Waals surface area contributed by atoms with Gasteiger partial charge in [-0.25, -0.2) is 0 Å². The van der Waals surface area contributed by atoms with Gasteiger partial charge in [-0.2, -0.15) is 0 Å². The molecule has 2 fully saturated rings. The Morgan fingerprint density at radius 2 is 2.42 bits per heavy atom. The molecular formula is C12H18N2O3S2. The second kappa shape index (κ2) is 6.67. The zero-order valence-corrected chi connectivity index (χ0v) is 12.5. The SMILES string of the molecule is CCC1SC(=S)N(CC(=O)NCC2CCCO2)C1=O. The molecule has 0 aromatic carbocycles. The molecule has 2 aliphatic heterocycles. The topological polar surface area (TPSA) is 58.6 Å². The maximum Gasteiger partial charge on any atom is 0.242 e. The van der Waals surface area contributed by atoms with Crippen LogP contribution in [0.1, 0.15) is 26.2 Å². The Labute approximate surface area is 122 Å². The number of nitrogens with zero attached hydrogens (tertiary/aromatic N) is 1. The largest absolute Gasteiger partial charge is 0.376 e. The van der Waals surface area contributed by atoms with E-state index in [1.807, 2.05) is 6.92 Å². The van der Waals surface area contributed by atoms with Gasteiger partial charge in [0, 0.05) is 13.2 Å². The van der Waals surface area contributed by atoms with Crippen molar-refractivity contribution in [1.29, 1.82) is 0 Å². The molecule has 0 bridgehead atoms. The lowest BCUT2D eigenvalue weighted by Gasteiger charge is -2.16. The predicted octanol–water partition coefficient (Wildman–Crippen LogP) is 0.920. The van der Waals surface area contributed by atoms with E-state index in [-0.39, 0.29) is 29.7 Å². The normalized spacial score (nSPS) is 27.1. The van der Waals surface area contributed by atoms with Crippen molar-refractivity contribution in [3.63, 3.8) is 0 Å². The molecule has 2 aliphatic rings. The van der Waals surface area contributed by atoms with Gasteiger partial charge in [0.25, 0.3) is 0 Å². The van der Waals surface area contributed by atoms with Crippen molar-refractivity contribution < 1.29 is 14.3 Å². The third-order valence-corrected chi connectivity index (χ3v) is 4.98. The van der Waals surface area contributed by atoms with Crippen molar-refractivity contribution in [2.75, 3.05) is 19.7 Å². The summed E-state index contributed by atoms with van der Waals surface area (Å²) in [4.78, 5) is 25.2. The average Bonchev–Trinajstić information content (AvgIpc) is 2.99. The third kappa shape index (κ3) is 3.67. The van der Waals surface area contributed by atoms with Gasteiger partial charge in [-0.3, -0.25) is 14.5 Å². The van der Waals surface area contributed by atoms with Crippen LogP contribution in [0.15, 0.2) is 0 Å². The Hall–Kier alpha value is -0.660. The number of ether oxygens (including phenoxy) is 1. The minimum Gasteiger partial charge on any atom is -0.376 e. The first kappa shape index (κ1) is 14.7. The average molecular weight is 302 g/mol. The van der Waals surface area contributed by atoms with Crippen LogP contribution in [-0.4, -0.2) is 52.1 Å². The monoisotopic (exact) mass is 302 g/mol. The van der Waals surface area contributed by atoms with E-state index in [1.165, 1.54) is 16.7 Å². The van der Waals surface area contributed by atoms with Crippen molar-refractivity contribution in [1.82, 2.24) is 10.2 Å². The third-order valence-electron chi connectivity index (χ3n) is 3.23. The zero-order chi connectivity index (χ0) is 13.8. The second-order valence-corrected chi connectivity index (χ2v) is 6.48. The molecule has 19 heavy (non-hydrogen) atoms. The number of hydrogen-bond donors (Lipinski definition) is 1. The second-order valence-electron chi connectivity index (χ2n) is 4.64. The van der Waals surface area contributed by atoms with Crippen molar-refractivity contribution in [2.45, 2.75) is 37.5 Å². The van der Waals surface area contributed by atoms with Crippen molar-refractivity contribution >= 4 is 40.1 Å². The van der Waals surface area contributed by atoms with Gasteiger partial charge in [-0.1, -0.05) is 30.9 Å². The van der Waals surface area contributed by atoms with Gasteiger partial charge in [-0.15, -0.1) is 0 Å². The van der Waals surface area contributed by atoms with E-state index in [1.54, 1.807) is 0 Å². The Kier molecular flexibility index (Phi) is 5.18. The Bertz CT molecular complexity index is 383. The van der Waals surface area contributed by atoms with Gasteiger partial charge in [0.2, 0.25) is 11.8 Å². The first-order chi connectivity index (χ1) is 9.11. The highest BCUT2D eigenvalue weighted by Gasteiger charge is 2.36. The van der Waals surface area contributed by atoms with Crippen LogP contribution in [0.3, 0.4) is 0 Å². The maximum atomic E-state index is 12.0. The fraction of sp³-hybridized carbons (Fsp3) is 0.750. The highest BCUT2D eigenvalue weighted by atomic mass is 32.2. The molecule has 0 spiro atoms. The smallest absolute Gasteiger partial charge is 0.242 e. The molecule has 106 valence electrons. The number of rotatable bonds is 5. The first-order valence-corrected chi connectivity index (χ1v) is 7.81. The quantitative estimate of drug-likeness (QED) is 0.765. The molecule has 0 aromatic rings. The van der Waals surface area contributed by atoms with Crippen LogP contribution in [0, 0.1) is 0 Å². The van der Waals surface area contributed by atoms with E-state index in [0.29, 0.717) is 10.9 Å². The number of nitrogens with one attached hydrogen (secondary N) is 1. The number of amides is 2. The van der Waals surface area contributed by atoms with Crippen LogP contribution >= 0.6 is 24.0 Å². The Morgan fingerprint density at radius 3 is 3.00 bits per heavy atom. The summed E-state index contributed by atoms with van der Waals surface area (Å²) in [5, 5.41) is 2.67. The minimum atomic E-state index is -0.177. The lowest BCUT2D eigenvalue weighted by Crippen LogP contribution is -2.42. The van der Waals surface area contributed by atoms with E-state index in [9.17, 15) is 9.59 Å². The number of thioether (sulfide) groups is 1.